The average molecular weight is 404 g/mol. The van der Waals surface area contributed by atoms with Crippen molar-refractivity contribution in [3.05, 3.63) is 64.2 Å². The Morgan fingerprint density at radius 3 is 2.54 bits per heavy atom. The van der Waals surface area contributed by atoms with Gasteiger partial charge in [-0.25, -0.2) is 8.42 Å². The maximum atomic E-state index is 12.0. The normalized spacial score (nSPS) is 18.0. The highest BCUT2D eigenvalue weighted by molar-refractivity contribution is 7.90. The number of hydrogen-bond donors (Lipinski definition) is 0. The molecular weight excluding hydrogens is 378 g/mol. The van der Waals surface area contributed by atoms with Gasteiger partial charge in [-0.1, -0.05) is 36.4 Å². The molecule has 0 saturated carbocycles. The SMILES string of the molecule is CN(c1cccc(S(C)(=O)=O)c1[N+](=O)[O-])C1CCCN(Cc2ccccc2)C1. The smallest absolute Gasteiger partial charge is 0.311 e. The molecule has 150 valence electrons. The molecule has 0 aromatic heterocycles. The highest BCUT2D eigenvalue weighted by Gasteiger charge is 2.31. The number of benzene rings is 2. The van der Waals surface area contributed by atoms with Gasteiger partial charge in [-0.05, 0) is 37.1 Å². The predicted octanol–water partition coefficient (Wildman–Crippen LogP) is 3.10. The molecule has 2 aromatic carbocycles. The largest absolute Gasteiger partial charge is 0.365 e. The van der Waals surface area contributed by atoms with Crippen LogP contribution in [0.2, 0.25) is 0 Å². The van der Waals surface area contributed by atoms with E-state index in [9.17, 15) is 18.5 Å². The first-order valence-corrected chi connectivity index (χ1v) is 11.1. The monoisotopic (exact) mass is 403 g/mol. The number of nitro benzene ring substituents is 1. The molecule has 0 amide bonds. The number of piperidine rings is 1. The third kappa shape index (κ3) is 4.51. The topological polar surface area (TPSA) is 83.8 Å². The van der Waals surface area contributed by atoms with Gasteiger partial charge >= 0.3 is 5.69 Å². The van der Waals surface area contributed by atoms with Crippen LogP contribution in [0.15, 0.2) is 53.4 Å². The number of nitrogens with zero attached hydrogens (tertiary/aromatic N) is 3. The van der Waals surface area contributed by atoms with Crippen molar-refractivity contribution >= 4 is 21.2 Å². The summed E-state index contributed by atoms with van der Waals surface area (Å²) in [6, 6.07) is 14.8. The summed E-state index contributed by atoms with van der Waals surface area (Å²) >= 11 is 0. The fraction of sp³-hybridized carbons (Fsp3) is 0.400. The van der Waals surface area contributed by atoms with Crippen LogP contribution in [-0.2, 0) is 16.4 Å². The van der Waals surface area contributed by atoms with E-state index in [0.717, 1.165) is 38.7 Å². The quantitative estimate of drug-likeness (QED) is 0.544. The molecule has 1 fully saturated rings. The number of rotatable bonds is 6. The second-order valence-electron chi connectivity index (χ2n) is 7.28. The number of sulfone groups is 1. The average Bonchev–Trinajstić information content (AvgIpc) is 2.67. The summed E-state index contributed by atoms with van der Waals surface area (Å²) in [5.74, 6) is 0. The molecule has 1 unspecified atom stereocenters. The Morgan fingerprint density at radius 2 is 1.89 bits per heavy atom. The van der Waals surface area contributed by atoms with Gasteiger partial charge in [-0.15, -0.1) is 0 Å². The Morgan fingerprint density at radius 1 is 1.18 bits per heavy atom. The van der Waals surface area contributed by atoms with Crippen molar-refractivity contribution in [1.82, 2.24) is 4.90 Å². The van der Waals surface area contributed by atoms with Gasteiger partial charge in [0.05, 0.1) is 4.92 Å². The fourth-order valence-corrected chi connectivity index (χ4v) is 4.66. The summed E-state index contributed by atoms with van der Waals surface area (Å²) in [6.45, 7) is 2.58. The van der Waals surface area contributed by atoms with Crippen LogP contribution in [0.3, 0.4) is 0 Å². The predicted molar refractivity (Wildman–Crippen MR) is 109 cm³/mol. The Hall–Kier alpha value is -2.45. The molecule has 1 atom stereocenters. The summed E-state index contributed by atoms with van der Waals surface area (Å²) in [5.41, 5.74) is 1.24. The highest BCUT2D eigenvalue weighted by Crippen LogP contribution is 2.36. The number of nitro groups is 1. The van der Waals surface area contributed by atoms with Crippen molar-refractivity contribution in [1.29, 1.82) is 0 Å². The number of likely N-dealkylation sites (tertiary alicyclic amines) is 1. The molecule has 1 aliphatic rings. The minimum Gasteiger partial charge on any atom is -0.365 e. The number of likely N-dealkylation sites (N-methyl/N-ethyl adjacent to an activating group) is 1. The molecule has 2 aromatic rings. The molecule has 7 nitrogen and oxygen atoms in total. The van der Waals surface area contributed by atoms with E-state index in [4.69, 9.17) is 0 Å². The second kappa shape index (κ2) is 8.28. The zero-order valence-electron chi connectivity index (χ0n) is 16.1. The molecule has 1 aliphatic heterocycles. The van der Waals surface area contributed by atoms with Crippen LogP contribution in [0.4, 0.5) is 11.4 Å². The Balaban J connectivity index is 1.85. The Labute approximate surface area is 165 Å². The minimum atomic E-state index is -3.70. The van der Waals surface area contributed by atoms with E-state index in [0.29, 0.717) is 5.69 Å². The van der Waals surface area contributed by atoms with E-state index < -0.39 is 14.8 Å². The van der Waals surface area contributed by atoms with Gasteiger partial charge in [0, 0.05) is 32.4 Å². The lowest BCUT2D eigenvalue weighted by atomic mass is 10.0. The van der Waals surface area contributed by atoms with E-state index in [1.165, 1.54) is 11.6 Å². The van der Waals surface area contributed by atoms with Crippen molar-refractivity contribution in [3.63, 3.8) is 0 Å². The van der Waals surface area contributed by atoms with Gasteiger partial charge in [-0.3, -0.25) is 15.0 Å². The minimum absolute atomic E-state index is 0.0750. The van der Waals surface area contributed by atoms with Crippen LogP contribution in [0.1, 0.15) is 18.4 Å². The Kier molecular flexibility index (Phi) is 6.00. The summed E-state index contributed by atoms with van der Waals surface area (Å²) in [4.78, 5) is 15.1. The third-order valence-corrected chi connectivity index (χ3v) is 6.35. The molecule has 0 radical (unpaired) electrons. The van der Waals surface area contributed by atoms with E-state index in [1.807, 2.05) is 30.1 Å². The van der Waals surface area contributed by atoms with Crippen LogP contribution in [0, 0.1) is 10.1 Å². The molecule has 8 heteroatoms. The lowest BCUT2D eigenvalue weighted by Crippen LogP contribution is -2.46. The molecule has 3 rings (SSSR count). The van der Waals surface area contributed by atoms with Gasteiger partial charge in [-0.2, -0.15) is 0 Å². The maximum Gasteiger partial charge on any atom is 0.311 e. The lowest BCUT2D eigenvalue weighted by molar-refractivity contribution is -0.387. The van der Waals surface area contributed by atoms with Crippen molar-refractivity contribution < 1.29 is 13.3 Å². The molecule has 1 heterocycles. The molecule has 0 spiro atoms. The number of anilines is 1. The van der Waals surface area contributed by atoms with Gasteiger partial charge in [0.1, 0.15) is 10.6 Å². The summed E-state index contributed by atoms with van der Waals surface area (Å²) < 4.78 is 24.1. The third-order valence-electron chi connectivity index (χ3n) is 5.22. The molecule has 0 N–H and O–H groups in total. The van der Waals surface area contributed by atoms with Crippen molar-refractivity contribution in [2.75, 3.05) is 31.3 Å². The second-order valence-corrected chi connectivity index (χ2v) is 9.26. The molecule has 0 aliphatic carbocycles. The molecular formula is C20H25N3O4S. The van der Waals surface area contributed by atoms with E-state index >= 15 is 0 Å². The number of para-hydroxylation sites is 1. The first-order chi connectivity index (χ1) is 13.3. The van der Waals surface area contributed by atoms with Crippen molar-refractivity contribution in [2.45, 2.75) is 30.3 Å². The van der Waals surface area contributed by atoms with Crippen LogP contribution in [0.5, 0.6) is 0 Å². The van der Waals surface area contributed by atoms with Gasteiger partial charge in [0.2, 0.25) is 0 Å². The van der Waals surface area contributed by atoms with Crippen molar-refractivity contribution in [3.8, 4) is 0 Å². The van der Waals surface area contributed by atoms with Crippen molar-refractivity contribution in [2.24, 2.45) is 0 Å². The highest BCUT2D eigenvalue weighted by atomic mass is 32.2. The van der Waals surface area contributed by atoms with Gasteiger partial charge < -0.3 is 4.90 Å². The zero-order chi connectivity index (χ0) is 20.3. The van der Waals surface area contributed by atoms with Crippen LogP contribution >= 0.6 is 0 Å². The standard InChI is InChI=1S/C20H25N3O4S/c1-21(18-11-6-12-19(28(2,26)27)20(18)23(24)25)17-10-7-13-22(15-17)14-16-8-4-3-5-9-16/h3-6,8-9,11-12,17H,7,10,13-15H2,1-2H3. The summed E-state index contributed by atoms with van der Waals surface area (Å²) in [5, 5.41) is 11.7. The molecule has 0 bridgehead atoms. The van der Waals surface area contributed by atoms with Gasteiger partial charge in [0.15, 0.2) is 9.84 Å². The van der Waals surface area contributed by atoms with Crippen LogP contribution < -0.4 is 4.90 Å². The Bertz CT molecular complexity index is 947. The van der Waals surface area contributed by atoms with E-state index in [1.54, 1.807) is 12.1 Å². The number of hydrogen-bond acceptors (Lipinski definition) is 6. The maximum absolute atomic E-state index is 12.0. The molecule has 1 saturated heterocycles. The van der Waals surface area contributed by atoms with E-state index in [2.05, 4.69) is 17.0 Å². The van der Waals surface area contributed by atoms with Gasteiger partial charge in [0.25, 0.3) is 0 Å². The fourth-order valence-electron chi connectivity index (χ4n) is 3.81. The first-order valence-electron chi connectivity index (χ1n) is 9.24. The zero-order valence-corrected chi connectivity index (χ0v) is 16.9. The summed E-state index contributed by atoms with van der Waals surface area (Å²) in [7, 11) is -1.88. The van der Waals surface area contributed by atoms with Crippen LogP contribution in [0.25, 0.3) is 0 Å². The molecule has 28 heavy (non-hydrogen) atoms. The van der Waals surface area contributed by atoms with E-state index in [-0.39, 0.29) is 16.6 Å². The summed E-state index contributed by atoms with van der Waals surface area (Å²) in [6.07, 6.45) is 2.89. The first kappa shape index (κ1) is 20.3. The van der Waals surface area contributed by atoms with Crippen LogP contribution in [-0.4, -0.2) is 50.7 Å². The lowest BCUT2D eigenvalue weighted by Gasteiger charge is -2.38.